The van der Waals surface area contributed by atoms with Crippen LogP contribution in [-0.2, 0) is 0 Å². The van der Waals surface area contributed by atoms with Gasteiger partial charge in [-0.05, 0) is 12.1 Å². The van der Waals surface area contributed by atoms with Crippen molar-refractivity contribution in [2.24, 2.45) is 0 Å². The number of rotatable bonds is 2. The van der Waals surface area contributed by atoms with Crippen molar-refractivity contribution >= 4 is 31.9 Å². The SMILES string of the molecule is OC(c1ccco1)C(Br)Br. The lowest BCUT2D eigenvalue weighted by molar-refractivity contribution is 0.169. The van der Waals surface area contributed by atoms with Crippen LogP contribution in [0.2, 0.25) is 0 Å². The Morgan fingerprint density at radius 3 is 2.60 bits per heavy atom. The summed E-state index contributed by atoms with van der Waals surface area (Å²) >= 11 is 6.34. The molecule has 1 atom stereocenters. The van der Waals surface area contributed by atoms with Crippen molar-refractivity contribution in [3.8, 4) is 0 Å². The topological polar surface area (TPSA) is 33.4 Å². The smallest absolute Gasteiger partial charge is 0.134 e. The molecule has 0 aliphatic heterocycles. The van der Waals surface area contributed by atoms with Crippen LogP contribution >= 0.6 is 31.9 Å². The van der Waals surface area contributed by atoms with Crippen LogP contribution in [0.15, 0.2) is 22.8 Å². The van der Waals surface area contributed by atoms with Crippen LogP contribution in [0.5, 0.6) is 0 Å². The van der Waals surface area contributed by atoms with Crippen LogP contribution < -0.4 is 0 Å². The van der Waals surface area contributed by atoms with Gasteiger partial charge in [-0.25, -0.2) is 0 Å². The molecule has 0 aliphatic rings. The highest BCUT2D eigenvalue weighted by Crippen LogP contribution is 2.26. The molecular formula is C6H6Br2O2. The van der Waals surface area contributed by atoms with Gasteiger partial charge in [-0.15, -0.1) is 0 Å². The maximum Gasteiger partial charge on any atom is 0.134 e. The summed E-state index contributed by atoms with van der Waals surface area (Å²) in [5.41, 5.74) is 0. The largest absolute Gasteiger partial charge is 0.467 e. The Labute approximate surface area is 75.5 Å². The normalized spacial score (nSPS) is 14.0. The van der Waals surface area contributed by atoms with Crippen LogP contribution in [0.3, 0.4) is 0 Å². The van der Waals surface area contributed by atoms with Gasteiger partial charge in [-0.2, -0.15) is 0 Å². The Bertz CT molecular complexity index is 184. The Morgan fingerprint density at radius 1 is 1.50 bits per heavy atom. The van der Waals surface area contributed by atoms with E-state index < -0.39 is 6.10 Å². The molecule has 4 heteroatoms. The maximum absolute atomic E-state index is 9.30. The van der Waals surface area contributed by atoms with E-state index in [1.807, 2.05) is 0 Å². The Balaban J connectivity index is 2.68. The minimum Gasteiger partial charge on any atom is -0.467 e. The van der Waals surface area contributed by atoms with E-state index in [2.05, 4.69) is 31.9 Å². The van der Waals surface area contributed by atoms with Crippen LogP contribution in [0.1, 0.15) is 11.9 Å². The molecule has 0 saturated carbocycles. The third kappa shape index (κ3) is 1.84. The van der Waals surface area contributed by atoms with E-state index in [1.54, 1.807) is 12.1 Å². The standard InChI is InChI=1S/C6H6Br2O2/c7-6(8)5(9)4-2-1-3-10-4/h1-3,5-6,9H. The van der Waals surface area contributed by atoms with Crippen molar-refractivity contribution < 1.29 is 9.52 Å². The molecule has 1 N–H and O–H groups in total. The summed E-state index contributed by atoms with van der Waals surface area (Å²) in [5, 5.41) is 9.30. The number of hydrogen-bond acceptors (Lipinski definition) is 2. The van der Waals surface area contributed by atoms with E-state index in [0.717, 1.165) is 0 Å². The highest BCUT2D eigenvalue weighted by atomic mass is 79.9. The quantitative estimate of drug-likeness (QED) is 0.837. The first-order chi connectivity index (χ1) is 4.72. The molecule has 2 nitrogen and oxygen atoms in total. The number of furan rings is 1. The lowest BCUT2D eigenvalue weighted by atomic mass is 10.3. The Kier molecular flexibility index (Phi) is 2.95. The summed E-state index contributed by atoms with van der Waals surface area (Å²) in [7, 11) is 0. The van der Waals surface area contributed by atoms with E-state index in [1.165, 1.54) is 6.26 Å². The third-order valence-electron chi connectivity index (χ3n) is 1.07. The molecule has 0 radical (unpaired) electrons. The van der Waals surface area contributed by atoms with Gasteiger partial charge in [0, 0.05) is 0 Å². The number of hydrogen-bond donors (Lipinski definition) is 1. The van der Waals surface area contributed by atoms with Gasteiger partial charge in [0.05, 0.1) is 6.26 Å². The molecule has 1 unspecified atom stereocenters. The number of halogens is 2. The minimum atomic E-state index is -0.630. The third-order valence-corrected chi connectivity index (χ3v) is 2.07. The second kappa shape index (κ2) is 3.55. The zero-order valence-electron chi connectivity index (χ0n) is 5.00. The lowest BCUT2D eigenvalue weighted by Crippen LogP contribution is -2.02. The van der Waals surface area contributed by atoms with E-state index in [0.29, 0.717) is 5.76 Å². The fourth-order valence-corrected chi connectivity index (χ4v) is 1.10. The second-order valence-electron chi connectivity index (χ2n) is 1.79. The predicted molar refractivity (Wildman–Crippen MR) is 45.3 cm³/mol. The molecule has 0 aliphatic carbocycles. The summed E-state index contributed by atoms with van der Waals surface area (Å²) in [5.74, 6) is 0.554. The van der Waals surface area contributed by atoms with Crippen molar-refractivity contribution in [1.29, 1.82) is 0 Å². The highest BCUT2D eigenvalue weighted by Gasteiger charge is 2.16. The zero-order chi connectivity index (χ0) is 7.56. The second-order valence-corrected chi connectivity index (χ2v) is 5.00. The molecule has 1 rings (SSSR count). The van der Waals surface area contributed by atoms with Crippen LogP contribution in [0.4, 0.5) is 0 Å². The molecule has 0 spiro atoms. The predicted octanol–water partition coefficient (Wildman–Crippen LogP) is 2.43. The van der Waals surface area contributed by atoms with Crippen molar-refractivity contribution in [3.05, 3.63) is 24.2 Å². The van der Waals surface area contributed by atoms with Gasteiger partial charge in [0.15, 0.2) is 0 Å². The molecule has 1 aromatic rings. The molecule has 0 saturated heterocycles. The summed E-state index contributed by atoms with van der Waals surface area (Å²) in [6.45, 7) is 0. The van der Waals surface area contributed by atoms with Crippen LogP contribution in [0.25, 0.3) is 0 Å². The van der Waals surface area contributed by atoms with Crippen molar-refractivity contribution in [2.45, 2.75) is 9.84 Å². The fraction of sp³-hybridized carbons (Fsp3) is 0.333. The Hall–Kier alpha value is 0.200. The molecule has 0 amide bonds. The number of aliphatic hydroxyl groups is 1. The maximum atomic E-state index is 9.30. The molecule has 0 bridgehead atoms. The van der Waals surface area contributed by atoms with Gasteiger partial charge in [0.2, 0.25) is 0 Å². The first kappa shape index (κ1) is 8.30. The lowest BCUT2D eigenvalue weighted by Gasteiger charge is -2.06. The van der Waals surface area contributed by atoms with Gasteiger partial charge in [-0.1, -0.05) is 31.9 Å². The van der Waals surface area contributed by atoms with E-state index in [-0.39, 0.29) is 3.74 Å². The molecule has 0 fully saturated rings. The first-order valence-corrected chi connectivity index (χ1v) is 4.54. The number of alkyl halides is 2. The van der Waals surface area contributed by atoms with Gasteiger partial charge in [-0.3, -0.25) is 0 Å². The Morgan fingerprint density at radius 2 is 2.20 bits per heavy atom. The van der Waals surface area contributed by atoms with E-state index >= 15 is 0 Å². The zero-order valence-corrected chi connectivity index (χ0v) is 8.17. The summed E-state index contributed by atoms with van der Waals surface area (Å²) in [6.07, 6.45) is 0.899. The molecule has 1 heterocycles. The molecule has 10 heavy (non-hydrogen) atoms. The first-order valence-electron chi connectivity index (χ1n) is 2.71. The minimum absolute atomic E-state index is 0.161. The summed E-state index contributed by atoms with van der Waals surface area (Å²) in [6, 6.07) is 3.46. The number of aliphatic hydroxyl groups excluding tert-OH is 1. The van der Waals surface area contributed by atoms with Crippen LogP contribution in [0, 0.1) is 0 Å². The van der Waals surface area contributed by atoms with Gasteiger partial charge < -0.3 is 9.52 Å². The molecular weight excluding hydrogens is 264 g/mol. The van der Waals surface area contributed by atoms with Crippen molar-refractivity contribution in [3.63, 3.8) is 0 Å². The average molecular weight is 270 g/mol. The highest BCUT2D eigenvalue weighted by molar-refractivity contribution is 9.24. The summed E-state index contributed by atoms with van der Waals surface area (Å²) < 4.78 is 4.79. The van der Waals surface area contributed by atoms with Crippen molar-refractivity contribution in [1.82, 2.24) is 0 Å². The van der Waals surface area contributed by atoms with Gasteiger partial charge in [0.25, 0.3) is 0 Å². The van der Waals surface area contributed by atoms with E-state index in [9.17, 15) is 5.11 Å². The molecule has 56 valence electrons. The van der Waals surface area contributed by atoms with Crippen LogP contribution in [-0.4, -0.2) is 8.84 Å². The molecule has 0 aromatic carbocycles. The average Bonchev–Trinajstić information content (AvgIpc) is 2.36. The monoisotopic (exact) mass is 268 g/mol. The molecule has 1 aromatic heterocycles. The van der Waals surface area contributed by atoms with Gasteiger partial charge in [0.1, 0.15) is 15.6 Å². The van der Waals surface area contributed by atoms with E-state index in [4.69, 9.17) is 4.42 Å². The van der Waals surface area contributed by atoms with Gasteiger partial charge >= 0.3 is 0 Å². The van der Waals surface area contributed by atoms with Crippen molar-refractivity contribution in [2.75, 3.05) is 0 Å². The fourth-order valence-electron chi connectivity index (χ4n) is 0.584. The summed E-state index contributed by atoms with van der Waals surface area (Å²) in [4.78, 5) is 0.